The number of hydrogen-bond donors (Lipinski definition) is 1. The molecule has 0 aromatic rings. The third-order valence-electron chi connectivity index (χ3n) is 3.78. The Morgan fingerprint density at radius 2 is 1.82 bits per heavy atom. The Bertz CT molecular complexity index is 307. The minimum atomic E-state index is -0.703. The molecule has 5 nitrogen and oxygen atoms in total. The summed E-state index contributed by atoms with van der Waals surface area (Å²) in [6.07, 6.45) is 3.58. The molecule has 2 rings (SSSR count). The number of aliphatic carboxylic acids is 1. The highest BCUT2D eigenvalue weighted by Gasteiger charge is 2.31. The van der Waals surface area contributed by atoms with E-state index in [1.54, 1.807) is 0 Å². The molecule has 0 bridgehead atoms. The van der Waals surface area contributed by atoms with E-state index in [0.717, 1.165) is 25.9 Å². The highest BCUT2D eigenvalue weighted by molar-refractivity contribution is 5.78. The second kappa shape index (κ2) is 5.04. The number of carboxylic acids is 1. The summed E-state index contributed by atoms with van der Waals surface area (Å²) in [5, 5.41) is 8.88. The molecule has 0 aromatic heterocycles. The SMILES string of the molecule is CN(C(=O)CN1CCC(C(=O)O)CC1)C1CC1. The van der Waals surface area contributed by atoms with E-state index in [9.17, 15) is 9.59 Å². The number of rotatable bonds is 4. The van der Waals surface area contributed by atoms with Crippen LogP contribution in [0.5, 0.6) is 0 Å². The summed E-state index contributed by atoms with van der Waals surface area (Å²) in [5.41, 5.74) is 0. The Labute approximate surface area is 101 Å². The maximum absolute atomic E-state index is 11.9. The van der Waals surface area contributed by atoms with Gasteiger partial charge >= 0.3 is 5.97 Å². The van der Waals surface area contributed by atoms with Gasteiger partial charge in [-0.1, -0.05) is 0 Å². The molecule has 1 amide bonds. The molecule has 0 radical (unpaired) electrons. The van der Waals surface area contributed by atoms with Crippen LogP contribution >= 0.6 is 0 Å². The third kappa shape index (κ3) is 3.19. The molecule has 0 aromatic carbocycles. The first-order valence-corrected chi connectivity index (χ1v) is 6.28. The molecule has 5 heteroatoms. The van der Waals surface area contributed by atoms with Gasteiger partial charge in [0.15, 0.2) is 0 Å². The van der Waals surface area contributed by atoms with E-state index in [1.807, 2.05) is 11.9 Å². The van der Waals surface area contributed by atoms with Gasteiger partial charge in [0.05, 0.1) is 12.5 Å². The third-order valence-corrected chi connectivity index (χ3v) is 3.78. The molecule has 2 fully saturated rings. The number of piperidine rings is 1. The van der Waals surface area contributed by atoms with Crippen LogP contribution in [-0.4, -0.2) is 59.5 Å². The maximum atomic E-state index is 11.9. The number of amides is 1. The number of likely N-dealkylation sites (N-methyl/N-ethyl adjacent to an activating group) is 1. The predicted octanol–water partition coefficient (Wildman–Crippen LogP) is 0.404. The Balaban J connectivity index is 1.73. The Kier molecular flexibility index (Phi) is 3.66. The van der Waals surface area contributed by atoms with Crippen LogP contribution in [0.25, 0.3) is 0 Å². The fourth-order valence-electron chi connectivity index (χ4n) is 2.31. The fraction of sp³-hybridized carbons (Fsp3) is 0.833. The molecule has 0 unspecified atom stereocenters. The van der Waals surface area contributed by atoms with Crippen molar-refractivity contribution in [3.63, 3.8) is 0 Å². The molecule has 0 atom stereocenters. The number of carbonyl (C=O) groups is 2. The first kappa shape index (κ1) is 12.4. The van der Waals surface area contributed by atoms with Crippen molar-refractivity contribution in [3.8, 4) is 0 Å². The van der Waals surface area contributed by atoms with E-state index >= 15 is 0 Å². The Morgan fingerprint density at radius 3 is 2.29 bits per heavy atom. The van der Waals surface area contributed by atoms with Gasteiger partial charge in [0.25, 0.3) is 0 Å². The van der Waals surface area contributed by atoms with Gasteiger partial charge in [-0.25, -0.2) is 0 Å². The van der Waals surface area contributed by atoms with Crippen molar-refractivity contribution >= 4 is 11.9 Å². The van der Waals surface area contributed by atoms with Crippen molar-refractivity contribution in [1.29, 1.82) is 0 Å². The molecule has 1 saturated heterocycles. The summed E-state index contributed by atoms with van der Waals surface area (Å²) in [5.74, 6) is -0.755. The first-order valence-electron chi connectivity index (χ1n) is 6.28. The molecule has 96 valence electrons. The van der Waals surface area contributed by atoms with Gasteiger partial charge in [-0.15, -0.1) is 0 Å². The zero-order chi connectivity index (χ0) is 12.4. The monoisotopic (exact) mass is 240 g/mol. The molecular formula is C12H20N2O3. The summed E-state index contributed by atoms with van der Waals surface area (Å²) in [7, 11) is 1.87. The molecule has 1 N–H and O–H groups in total. The highest BCUT2D eigenvalue weighted by Crippen LogP contribution is 2.25. The zero-order valence-corrected chi connectivity index (χ0v) is 10.3. The topological polar surface area (TPSA) is 60.9 Å². The molecule has 0 spiro atoms. The summed E-state index contributed by atoms with van der Waals surface area (Å²) >= 11 is 0. The van der Waals surface area contributed by atoms with E-state index < -0.39 is 5.97 Å². The zero-order valence-electron chi connectivity index (χ0n) is 10.3. The van der Waals surface area contributed by atoms with E-state index in [0.29, 0.717) is 25.4 Å². The van der Waals surface area contributed by atoms with Gasteiger partial charge < -0.3 is 10.0 Å². The number of hydrogen-bond acceptors (Lipinski definition) is 3. The van der Waals surface area contributed by atoms with Crippen molar-refractivity contribution < 1.29 is 14.7 Å². The molecule has 1 heterocycles. The number of carbonyl (C=O) groups excluding carboxylic acids is 1. The van der Waals surface area contributed by atoms with Crippen molar-refractivity contribution in [1.82, 2.24) is 9.80 Å². The lowest BCUT2D eigenvalue weighted by Crippen LogP contribution is -2.43. The number of nitrogens with zero attached hydrogens (tertiary/aromatic N) is 2. The molecule has 1 aliphatic carbocycles. The van der Waals surface area contributed by atoms with Crippen molar-refractivity contribution in [2.24, 2.45) is 5.92 Å². The maximum Gasteiger partial charge on any atom is 0.306 e. The Morgan fingerprint density at radius 1 is 1.24 bits per heavy atom. The number of likely N-dealkylation sites (tertiary alicyclic amines) is 1. The lowest BCUT2D eigenvalue weighted by atomic mass is 9.97. The minimum absolute atomic E-state index is 0.168. The minimum Gasteiger partial charge on any atom is -0.481 e. The Hall–Kier alpha value is -1.10. The van der Waals surface area contributed by atoms with Gasteiger partial charge in [0.2, 0.25) is 5.91 Å². The predicted molar refractivity (Wildman–Crippen MR) is 62.6 cm³/mol. The standard InChI is InChI=1S/C12H20N2O3/c1-13(10-2-3-10)11(15)8-14-6-4-9(5-7-14)12(16)17/h9-10H,2-8H2,1H3,(H,16,17). The summed E-state index contributed by atoms with van der Waals surface area (Å²) in [6.45, 7) is 1.89. The average Bonchev–Trinajstić information content (AvgIpc) is 3.12. The highest BCUT2D eigenvalue weighted by atomic mass is 16.4. The number of carboxylic acid groups (broad SMARTS) is 1. The van der Waals surface area contributed by atoms with E-state index in [-0.39, 0.29) is 11.8 Å². The van der Waals surface area contributed by atoms with Gasteiger partial charge in [-0.2, -0.15) is 0 Å². The first-order chi connectivity index (χ1) is 8.08. The van der Waals surface area contributed by atoms with Crippen LogP contribution in [0.2, 0.25) is 0 Å². The summed E-state index contributed by atoms with van der Waals surface area (Å²) in [4.78, 5) is 26.6. The quantitative estimate of drug-likeness (QED) is 0.773. The van der Waals surface area contributed by atoms with Crippen LogP contribution < -0.4 is 0 Å². The van der Waals surface area contributed by atoms with E-state index in [2.05, 4.69) is 4.90 Å². The summed E-state index contributed by atoms with van der Waals surface area (Å²) < 4.78 is 0. The van der Waals surface area contributed by atoms with Gasteiger partial charge in [0.1, 0.15) is 0 Å². The second-order valence-corrected chi connectivity index (χ2v) is 5.12. The average molecular weight is 240 g/mol. The molecule has 1 saturated carbocycles. The van der Waals surface area contributed by atoms with Crippen LogP contribution in [0.3, 0.4) is 0 Å². The fourth-order valence-corrected chi connectivity index (χ4v) is 2.31. The van der Waals surface area contributed by atoms with Crippen molar-refractivity contribution in [2.45, 2.75) is 31.7 Å². The molecular weight excluding hydrogens is 220 g/mol. The van der Waals surface area contributed by atoms with E-state index in [1.165, 1.54) is 0 Å². The van der Waals surface area contributed by atoms with E-state index in [4.69, 9.17) is 5.11 Å². The van der Waals surface area contributed by atoms with Crippen LogP contribution in [0.15, 0.2) is 0 Å². The smallest absolute Gasteiger partial charge is 0.306 e. The van der Waals surface area contributed by atoms with Gasteiger partial charge in [-0.3, -0.25) is 14.5 Å². The van der Waals surface area contributed by atoms with Crippen LogP contribution in [0.4, 0.5) is 0 Å². The molecule has 1 aliphatic heterocycles. The van der Waals surface area contributed by atoms with Gasteiger partial charge in [-0.05, 0) is 38.8 Å². The second-order valence-electron chi connectivity index (χ2n) is 5.12. The normalized spacial score (nSPS) is 22.4. The lowest BCUT2D eigenvalue weighted by molar-refractivity contribution is -0.143. The van der Waals surface area contributed by atoms with Crippen LogP contribution in [0.1, 0.15) is 25.7 Å². The lowest BCUT2D eigenvalue weighted by Gasteiger charge is -2.30. The molecule has 17 heavy (non-hydrogen) atoms. The van der Waals surface area contributed by atoms with Crippen LogP contribution in [-0.2, 0) is 9.59 Å². The molecule has 2 aliphatic rings. The summed E-state index contributed by atoms with van der Waals surface area (Å²) in [6, 6.07) is 0.457. The van der Waals surface area contributed by atoms with Crippen molar-refractivity contribution in [3.05, 3.63) is 0 Å². The van der Waals surface area contributed by atoms with Gasteiger partial charge in [0, 0.05) is 13.1 Å². The largest absolute Gasteiger partial charge is 0.481 e. The van der Waals surface area contributed by atoms with Crippen LogP contribution in [0, 0.1) is 5.92 Å². The van der Waals surface area contributed by atoms with Crippen molar-refractivity contribution in [2.75, 3.05) is 26.7 Å².